The monoisotopic (exact) mass is 269 g/mol. The number of hydrogen-bond donors (Lipinski definition) is 0. The summed E-state index contributed by atoms with van der Waals surface area (Å²) in [6.45, 7) is 0. The molecule has 0 fully saturated rings. The third-order valence-electron chi connectivity index (χ3n) is 1.88. The zero-order valence-electron chi connectivity index (χ0n) is 7.98. The molecule has 15 heavy (non-hydrogen) atoms. The minimum atomic E-state index is -0.0371. The van der Waals surface area contributed by atoms with Crippen molar-refractivity contribution in [3.05, 3.63) is 34.5 Å². The number of furan rings is 1. The maximum Gasteiger partial charge on any atom is 0.172 e. The van der Waals surface area contributed by atoms with Crippen LogP contribution in [0.1, 0.15) is 16.1 Å². The Hall–Kier alpha value is -1.43. The lowest BCUT2D eigenvalue weighted by Gasteiger charge is -1.91. The lowest BCUT2D eigenvalue weighted by atomic mass is 10.1. The highest BCUT2D eigenvalue weighted by Crippen LogP contribution is 2.15. The first-order valence-electron chi connectivity index (χ1n) is 4.27. The molecule has 0 saturated heterocycles. The topological polar surface area (TPSA) is 60.9 Å². The van der Waals surface area contributed by atoms with Gasteiger partial charge in [0.15, 0.2) is 10.5 Å². The molecule has 0 spiro atoms. The molecule has 78 valence electrons. The molecule has 0 radical (unpaired) electrons. The second-order valence-corrected chi connectivity index (χ2v) is 3.90. The van der Waals surface area contributed by atoms with Crippen LogP contribution in [-0.2, 0) is 13.5 Å². The minimum Gasteiger partial charge on any atom is -0.457 e. The van der Waals surface area contributed by atoms with Gasteiger partial charge in [0, 0.05) is 19.3 Å². The standard InChI is InChI=1S/C9H8BrN3O2/c1-13-4-7(11-12-13)3-8(14)6-2-9(10)15-5-6/h2,4-5H,3H2,1H3. The number of rotatable bonds is 3. The van der Waals surface area contributed by atoms with Crippen molar-refractivity contribution in [3.8, 4) is 0 Å². The fourth-order valence-corrected chi connectivity index (χ4v) is 1.54. The molecule has 2 aromatic rings. The van der Waals surface area contributed by atoms with E-state index in [2.05, 4.69) is 26.2 Å². The number of Topliss-reactive ketones (excluding diaryl/α,β-unsaturated/α-hetero) is 1. The van der Waals surface area contributed by atoms with Crippen molar-refractivity contribution in [1.29, 1.82) is 0 Å². The van der Waals surface area contributed by atoms with Gasteiger partial charge in [-0.15, -0.1) is 5.10 Å². The smallest absolute Gasteiger partial charge is 0.172 e. The van der Waals surface area contributed by atoms with E-state index >= 15 is 0 Å². The Morgan fingerprint density at radius 2 is 2.47 bits per heavy atom. The SMILES string of the molecule is Cn1cc(CC(=O)c2coc(Br)c2)nn1. The van der Waals surface area contributed by atoms with Crippen LogP contribution in [0.15, 0.2) is 27.6 Å². The highest BCUT2D eigenvalue weighted by atomic mass is 79.9. The van der Waals surface area contributed by atoms with Crippen molar-refractivity contribution in [1.82, 2.24) is 15.0 Å². The molecule has 6 heteroatoms. The number of carbonyl (C=O) groups is 1. The van der Waals surface area contributed by atoms with Gasteiger partial charge in [-0.1, -0.05) is 5.21 Å². The summed E-state index contributed by atoms with van der Waals surface area (Å²) in [5.41, 5.74) is 1.19. The van der Waals surface area contributed by atoms with Crippen LogP contribution in [0.3, 0.4) is 0 Å². The third-order valence-corrected chi connectivity index (χ3v) is 2.30. The van der Waals surface area contributed by atoms with Gasteiger partial charge >= 0.3 is 0 Å². The fraction of sp³-hybridized carbons (Fsp3) is 0.222. The van der Waals surface area contributed by atoms with Crippen LogP contribution in [0.2, 0.25) is 0 Å². The maximum atomic E-state index is 11.7. The van der Waals surface area contributed by atoms with Crippen LogP contribution in [0.5, 0.6) is 0 Å². The highest BCUT2D eigenvalue weighted by Gasteiger charge is 2.11. The summed E-state index contributed by atoms with van der Waals surface area (Å²) in [4.78, 5) is 11.7. The van der Waals surface area contributed by atoms with Gasteiger partial charge in [0.25, 0.3) is 0 Å². The molecule has 0 aliphatic heterocycles. The number of aryl methyl sites for hydroxylation is 1. The Kier molecular flexibility index (Phi) is 2.68. The van der Waals surface area contributed by atoms with E-state index in [4.69, 9.17) is 4.42 Å². The van der Waals surface area contributed by atoms with Gasteiger partial charge in [-0.2, -0.15) is 0 Å². The molecule has 0 saturated carbocycles. The highest BCUT2D eigenvalue weighted by molar-refractivity contribution is 9.10. The van der Waals surface area contributed by atoms with E-state index in [0.29, 0.717) is 15.9 Å². The van der Waals surface area contributed by atoms with Crippen molar-refractivity contribution < 1.29 is 9.21 Å². The average Bonchev–Trinajstić information content (AvgIpc) is 2.75. The number of aromatic nitrogens is 3. The average molecular weight is 270 g/mol. The molecular formula is C9H8BrN3O2. The summed E-state index contributed by atoms with van der Waals surface area (Å²) in [5, 5.41) is 7.59. The summed E-state index contributed by atoms with van der Waals surface area (Å²) in [7, 11) is 1.76. The van der Waals surface area contributed by atoms with E-state index in [9.17, 15) is 4.79 Å². The lowest BCUT2D eigenvalue weighted by Crippen LogP contribution is -2.02. The second kappa shape index (κ2) is 3.98. The van der Waals surface area contributed by atoms with E-state index in [0.717, 1.165) is 0 Å². The number of hydrogen-bond acceptors (Lipinski definition) is 4. The van der Waals surface area contributed by atoms with Crippen molar-refractivity contribution in [2.45, 2.75) is 6.42 Å². The van der Waals surface area contributed by atoms with Crippen molar-refractivity contribution in [2.24, 2.45) is 7.05 Å². The summed E-state index contributed by atoms with van der Waals surface area (Å²) < 4.78 is 7.09. The van der Waals surface area contributed by atoms with E-state index in [1.165, 1.54) is 6.26 Å². The zero-order chi connectivity index (χ0) is 10.8. The Morgan fingerprint density at radius 1 is 1.67 bits per heavy atom. The van der Waals surface area contributed by atoms with E-state index in [-0.39, 0.29) is 12.2 Å². The molecule has 5 nitrogen and oxygen atoms in total. The van der Waals surface area contributed by atoms with Gasteiger partial charge in [-0.05, 0) is 15.9 Å². The normalized spacial score (nSPS) is 10.5. The van der Waals surface area contributed by atoms with Gasteiger partial charge in [-0.3, -0.25) is 9.48 Å². The van der Waals surface area contributed by atoms with Crippen LogP contribution >= 0.6 is 15.9 Å². The van der Waals surface area contributed by atoms with E-state index in [1.54, 1.807) is 24.0 Å². The molecule has 0 aliphatic rings. The van der Waals surface area contributed by atoms with Gasteiger partial charge in [0.2, 0.25) is 0 Å². The molecule has 0 bridgehead atoms. The Balaban J connectivity index is 2.10. The summed E-state index contributed by atoms with van der Waals surface area (Å²) in [5.74, 6) is -0.0371. The molecule has 0 unspecified atom stereocenters. The third kappa shape index (κ3) is 2.33. The van der Waals surface area contributed by atoms with Gasteiger partial charge < -0.3 is 4.42 Å². The number of ketones is 1. The Morgan fingerprint density at radius 3 is 3.00 bits per heavy atom. The van der Waals surface area contributed by atoms with Crippen LogP contribution in [0.25, 0.3) is 0 Å². The van der Waals surface area contributed by atoms with E-state index < -0.39 is 0 Å². The molecule has 2 aromatic heterocycles. The molecule has 0 aliphatic carbocycles. The van der Waals surface area contributed by atoms with Crippen LogP contribution in [0, 0.1) is 0 Å². The Bertz CT molecular complexity index is 489. The fourth-order valence-electron chi connectivity index (χ4n) is 1.20. The van der Waals surface area contributed by atoms with Crippen LogP contribution < -0.4 is 0 Å². The second-order valence-electron chi connectivity index (χ2n) is 3.12. The van der Waals surface area contributed by atoms with E-state index in [1.807, 2.05) is 0 Å². The molecule has 2 heterocycles. The van der Waals surface area contributed by atoms with Gasteiger partial charge in [0.05, 0.1) is 17.7 Å². The van der Waals surface area contributed by atoms with Crippen LogP contribution in [0.4, 0.5) is 0 Å². The predicted molar refractivity (Wildman–Crippen MR) is 55.4 cm³/mol. The molecule has 0 N–H and O–H groups in total. The largest absolute Gasteiger partial charge is 0.457 e. The first-order valence-corrected chi connectivity index (χ1v) is 5.07. The molecule has 0 amide bonds. The molecule has 2 rings (SSSR count). The maximum absolute atomic E-state index is 11.7. The lowest BCUT2D eigenvalue weighted by molar-refractivity contribution is 0.0991. The van der Waals surface area contributed by atoms with Gasteiger partial charge in [-0.25, -0.2) is 0 Å². The van der Waals surface area contributed by atoms with Crippen molar-refractivity contribution in [2.75, 3.05) is 0 Å². The molecule has 0 aromatic carbocycles. The van der Waals surface area contributed by atoms with Crippen molar-refractivity contribution >= 4 is 21.7 Å². The summed E-state index contributed by atoms with van der Waals surface area (Å²) >= 11 is 3.14. The quantitative estimate of drug-likeness (QED) is 0.795. The van der Waals surface area contributed by atoms with Gasteiger partial charge in [0.1, 0.15) is 6.26 Å². The predicted octanol–water partition coefficient (Wildman–Crippen LogP) is 1.60. The molecular weight excluding hydrogens is 262 g/mol. The number of halogens is 1. The summed E-state index contributed by atoms with van der Waals surface area (Å²) in [6, 6.07) is 1.64. The summed E-state index contributed by atoms with van der Waals surface area (Å²) in [6.07, 6.45) is 3.37. The number of carbonyl (C=O) groups excluding carboxylic acids is 1. The Labute approximate surface area is 94.2 Å². The first kappa shape index (κ1) is 10.1. The van der Waals surface area contributed by atoms with Crippen molar-refractivity contribution in [3.63, 3.8) is 0 Å². The zero-order valence-corrected chi connectivity index (χ0v) is 9.56. The van der Waals surface area contributed by atoms with Crippen LogP contribution in [-0.4, -0.2) is 20.8 Å². The minimum absolute atomic E-state index is 0.0371. The first-order chi connectivity index (χ1) is 7.15. The molecule has 0 atom stereocenters. The number of nitrogens with zero attached hydrogens (tertiary/aromatic N) is 3.